The van der Waals surface area contributed by atoms with E-state index in [1.165, 1.54) is 11.8 Å². The molecule has 1 unspecified atom stereocenters. The number of oxime groups is 1. The zero-order valence-electron chi connectivity index (χ0n) is 16.3. The Morgan fingerprint density at radius 3 is 2.44 bits per heavy atom. The lowest BCUT2D eigenvalue weighted by Crippen LogP contribution is -2.44. The number of nitrogens with zero attached hydrogens (tertiary/aromatic N) is 2. The smallest absolute Gasteiger partial charge is 0.437 e. The largest absolute Gasteiger partial charge is 0.596 e. The minimum Gasteiger partial charge on any atom is -0.596 e. The first kappa shape index (κ1) is 25.2. The molecule has 1 aliphatic rings. The van der Waals surface area contributed by atoms with Crippen LogP contribution in [0, 0.1) is 0 Å². The first-order chi connectivity index (χ1) is 12.9. The highest BCUT2D eigenvalue weighted by Gasteiger charge is 2.43. The van der Waals surface area contributed by atoms with Gasteiger partial charge in [0.1, 0.15) is 5.04 Å². The Bertz CT molecular complexity index is 525. The number of hydrogen-bond acceptors (Lipinski definition) is 8. The molecule has 0 saturated heterocycles. The molecule has 27 heavy (non-hydrogen) atoms. The van der Waals surface area contributed by atoms with Crippen LogP contribution in [0.25, 0.3) is 0 Å². The maximum atomic E-state index is 13.1. The molecule has 0 aromatic rings. The van der Waals surface area contributed by atoms with E-state index in [-0.39, 0.29) is 11.9 Å². The van der Waals surface area contributed by atoms with Crippen LogP contribution in [0.15, 0.2) is 5.16 Å². The van der Waals surface area contributed by atoms with Crippen LogP contribution in [0.3, 0.4) is 0 Å². The standard InChI is InChI=1S/C15H30N3O5PS3/c1-5-21-24(25,22-6-2)18(14-10-8-7-9-11-14)27(20)12-16-15(19)23-17-13(3)26-4/h14H,5-12H2,1-4H3,(H,16,19)/b17-13+. The number of rotatable bonds is 10. The van der Waals surface area contributed by atoms with Gasteiger partial charge in [-0.05, 0) is 55.8 Å². The third-order valence-electron chi connectivity index (χ3n) is 3.81. The third-order valence-corrected chi connectivity index (χ3v) is 10.2. The van der Waals surface area contributed by atoms with Crippen LogP contribution in [0.2, 0.25) is 0 Å². The molecule has 158 valence electrons. The average Bonchev–Trinajstić information content (AvgIpc) is 2.65. The number of carbonyl (C=O) groups is 1. The van der Waals surface area contributed by atoms with Crippen LogP contribution in [0.5, 0.6) is 0 Å². The summed E-state index contributed by atoms with van der Waals surface area (Å²) in [7, 11) is 0. The molecule has 0 bridgehead atoms. The summed E-state index contributed by atoms with van der Waals surface area (Å²) >= 11 is 5.45. The SMILES string of the molecule is CCOP(=S)(OCC)N(C1CCCCC1)[S+]([O-])CNC(=O)O/N=C(\C)SC. The van der Waals surface area contributed by atoms with E-state index in [2.05, 4.69) is 10.5 Å². The van der Waals surface area contributed by atoms with Crippen LogP contribution in [0.1, 0.15) is 52.9 Å². The summed E-state index contributed by atoms with van der Waals surface area (Å²) in [6.45, 7) is 3.23. The first-order valence-electron chi connectivity index (χ1n) is 8.98. The molecule has 12 heteroatoms. The third kappa shape index (κ3) is 8.57. The Labute approximate surface area is 174 Å². The van der Waals surface area contributed by atoms with E-state index < -0.39 is 24.1 Å². The quantitative estimate of drug-likeness (QED) is 0.131. The van der Waals surface area contributed by atoms with E-state index >= 15 is 0 Å². The van der Waals surface area contributed by atoms with Gasteiger partial charge in [0.15, 0.2) is 0 Å². The van der Waals surface area contributed by atoms with Crippen LogP contribution in [-0.4, -0.2) is 51.2 Å². The predicted octanol–water partition coefficient (Wildman–Crippen LogP) is 3.96. The number of hydrogen-bond donors (Lipinski definition) is 1. The van der Waals surface area contributed by atoms with Gasteiger partial charge in [-0.25, -0.2) is 4.79 Å². The summed E-state index contributed by atoms with van der Waals surface area (Å²) in [6, 6.07) is 0.0121. The van der Waals surface area contributed by atoms with E-state index in [9.17, 15) is 9.35 Å². The molecule has 0 heterocycles. The number of carbonyl (C=O) groups excluding carboxylic acids is 1. The highest BCUT2D eigenvalue weighted by Crippen LogP contribution is 2.56. The van der Waals surface area contributed by atoms with Crippen LogP contribution < -0.4 is 5.32 Å². The first-order valence-corrected chi connectivity index (χ1v) is 14.1. The maximum absolute atomic E-state index is 13.1. The van der Waals surface area contributed by atoms with Crippen molar-refractivity contribution in [1.29, 1.82) is 0 Å². The second-order valence-electron chi connectivity index (χ2n) is 5.73. The Kier molecular flexibility index (Phi) is 12.5. The lowest BCUT2D eigenvalue weighted by Gasteiger charge is -2.38. The summed E-state index contributed by atoms with van der Waals surface area (Å²) < 4.78 is 26.3. The molecular weight excluding hydrogens is 429 g/mol. The van der Waals surface area contributed by atoms with Crippen molar-refractivity contribution >= 4 is 52.7 Å². The summed E-state index contributed by atoms with van der Waals surface area (Å²) in [5.74, 6) is -0.137. The van der Waals surface area contributed by atoms with Gasteiger partial charge < -0.3 is 13.6 Å². The highest BCUT2D eigenvalue weighted by molar-refractivity contribution is 8.13. The van der Waals surface area contributed by atoms with Crippen LogP contribution in [-0.2, 0) is 37.1 Å². The molecule has 0 spiro atoms. The van der Waals surface area contributed by atoms with Gasteiger partial charge in [-0.3, -0.25) is 10.2 Å². The summed E-state index contributed by atoms with van der Waals surface area (Å²) in [5.41, 5.74) is 0. The van der Waals surface area contributed by atoms with E-state index in [1.807, 2.05) is 20.1 Å². The molecule has 0 aliphatic heterocycles. The van der Waals surface area contributed by atoms with Gasteiger partial charge in [0.25, 0.3) is 0 Å². The highest BCUT2D eigenvalue weighted by atomic mass is 32.5. The van der Waals surface area contributed by atoms with Crippen molar-refractivity contribution in [3.05, 3.63) is 0 Å². The van der Waals surface area contributed by atoms with Gasteiger partial charge in [-0.15, -0.1) is 11.8 Å². The molecule has 0 aromatic heterocycles. The van der Waals surface area contributed by atoms with Crippen molar-refractivity contribution in [1.82, 2.24) is 9.39 Å². The molecule has 1 atom stereocenters. The monoisotopic (exact) mass is 459 g/mol. The second-order valence-corrected chi connectivity index (χ2v) is 11.6. The minimum absolute atomic E-state index is 0.0121. The van der Waals surface area contributed by atoms with Gasteiger partial charge in [0.2, 0.25) is 5.88 Å². The average molecular weight is 460 g/mol. The van der Waals surface area contributed by atoms with Gasteiger partial charge >= 0.3 is 12.7 Å². The van der Waals surface area contributed by atoms with Crippen molar-refractivity contribution in [3.8, 4) is 0 Å². The molecule has 0 radical (unpaired) electrons. The van der Waals surface area contributed by atoms with Crippen molar-refractivity contribution < 1.29 is 23.2 Å². The predicted molar refractivity (Wildman–Crippen MR) is 115 cm³/mol. The lowest BCUT2D eigenvalue weighted by molar-refractivity contribution is 0.152. The fraction of sp³-hybridized carbons (Fsp3) is 0.867. The molecule has 8 nitrogen and oxygen atoms in total. The molecule has 1 aliphatic carbocycles. The second kappa shape index (κ2) is 13.4. The zero-order chi connectivity index (χ0) is 20.3. The number of nitrogens with one attached hydrogen (secondary N) is 1. The minimum atomic E-state index is -2.91. The number of amides is 1. The van der Waals surface area contributed by atoms with Gasteiger partial charge in [0, 0.05) is 0 Å². The van der Waals surface area contributed by atoms with Crippen LogP contribution >= 0.6 is 18.4 Å². The van der Waals surface area contributed by atoms with E-state index in [0.29, 0.717) is 18.3 Å². The summed E-state index contributed by atoms with van der Waals surface area (Å²) in [5, 5.41) is 6.74. The normalized spacial score (nSPS) is 17.8. The van der Waals surface area contributed by atoms with Gasteiger partial charge in [0.05, 0.1) is 30.6 Å². The number of thioether (sulfide) groups is 1. The molecule has 1 rings (SSSR count). The van der Waals surface area contributed by atoms with Gasteiger partial charge in [-0.2, -0.15) is 0 Å². The van der Waals surface area contributed by atoms with Gasteiger partial charge in [-0.1, -0.05) is 24.4 Å². The van der Waals surface area contributed by atoms with Crippen molar-refractivity contribution in [2.24, 2.45) is 5.16 Å². The van der Waals surface area contributed by atoms with Crippen molar-refractivity contribution in [3.63, 3.8) is 0 Å². The molecule has 1 amide bonds. The van der Waals surface area contributed by atoms with E-state index in [4.69, 9.17) is 25.7 Å². The Hall–Kier alpha value is 0.130. The zero-order valence-corrected chi connectivity index (χ0v) is 19.7. The summed E-state index contributed by atoms with van der Waals surface area (Å²) in [4.78, 5) is 16.5. The Morgan fingerprint density at radius 2 is 1.93 bits per heavy atom. The molecule has 1 saturated carbocycles. The molecular formula is C15H30N3O5PS3. The maximum Gasteiger partial charge on any atom is 0.437 e. The Balaban J connectivity index is 2.84. The van der Waals surface area contributed by atoms with E-state index in [1.54, 1.807) is 11.0 Å². The molecule has 0 aromatic carbocycles. The molecule has 1 N–H and O–H groups in total. The topological polar surface area (TPSA) is 95.5 Å². The summed E-state index contributed by atoms with van der Waals surface area (Å²) in [6.07, 6.45) is 6.07. The van der Waals surface area contributed by atoms with E-state index in [0.717, 1.165) is 32.1 Å². The Morgan fingerprint density at radius 1 is 1.33 bits per heavy atom. The lowest BCUT2D eigenvalue weighted by atomic mass is 9.96. The molecule has 1 fully saturated rings. The van der Waals surface area contributed by atoms with Crippen molar-refractivity contribution in [2.75, 3.05) is 25.3 Å². The fourth-order valence-electron chi connectivity index (χ4n) is 2.62. The van der Waals surface area contributed by atoms with Crippen molar-refractivity contribution in [2.45, 2.75) is 58.9 Å². The fourth-order valence-corrected chi connectivity index (χ4v) is 8.28. The van der Waals surface area contributed by atoms with Crippen LogP contribution in [0.4, 0.5) is 4.79 Å².